The summed E-state index contributed by atoms with van der Waals surface area (Å²) >= 11 is 0. The maximum Gasteiger partial charge on any atom is 0.123 e. The third kappa shape index (κ3) is 3.47. The van der Waals surface area contributed by atoms with Gasteiger partial charge in [0.05, 0.1) is 6.61 Å². The first-order valence-corrected chi connectivity index (χ1v) is 7.00. The van der Waals surface area contributed by atoms with Gasteiger partial charge < -0.3 is 10.5 Å². The van der Waals surface area contributed by atoms with Gasteiger partial charge in [-0.25, -0.2) is 0 Å². The summed E-state index contributed by atoms with van der Waals surface area (Å²) in [5, 5.41) is 0. The maximum absolute atomic E-state index is 5.72. The Hall–Kier alpha value is -1.06. The first kappa shape index (κ1) is 13.4. The Kier molecular flexibility index (Phi) is 5.02. The van der Waals surface area contributed by atoms with Crippen LogP contribution >= 0.6 is 0 Å². The van der Waals surface area contributed by atoms with Crippen molar-refractivity contribution in [1.29, 1.82) is 0 Å². The third-order valence-electron chi connectivity index (χ3n) is 3.45. The zero-order valence-electron chi connectivity index (χ0n) is 11.3. The van der Waals surface area contributed by atoms with Gasteiger partial charge in [0.25, 0.3) is 0 Å². The fourth-order valence-electron chi connectivity index (χ4n) is 2.56. The van der Waals surface area contributed by atoms with Crippen LogP contribution in [0.1, 0.15) is 30.9 Å². The highest BCUT2D eigenvalue weighted by molar-refractivity contribution is 5.37. The van der Waals surface area contributed by atoms with Gasteiger partial charge in [0.1, 0.15) is 5.75 Å². The molecule has 0 amide bonds. The first-order chi connectivity index (χ1) is 8.83. The quantitative estimate of drug-likeness (QED) is 0.838. The number of hydrogen-bond acceptors (Lipinski definition) is 3. The molecular weight excluding hydrogens is 224 g/mol. The molecule has 2 N–H and O–H groups in total. The van der Waals surface area contributed by atoms with Gasteiger partial charge in [0, 0.05) is 12.1 Å². The average Bonchev–Trinajstić information content (AvgIpc) is 2.86. The molecule has 1 aromatic carbocycles. The molecule has 1 aliphatic heterocycles. The highest BCUT2D eigenvalue weighted by atomic mass is 16.5. The van der Waals surface area contributed by atoms with Crippen molar-refractivity contribution in [2.75, 3.05) is 26.2 Å². The summed E-state index contributed by atoms with van der Waals surface area (Å²) in [6.07, 6.45) is 3.60. The van der Waals surface area contributed by atoms with Crippen molar-refractivity contribution >= 4 is 0 Å². The minimum absolute atomic E-state index is 0.705. The van der Waals surface area contributed by atoms with E-state index in [1.165, 1.54) is 37.1 Å². The second-order valence-corrected chi connectivity index (χ2v) is 4.90. The zero-order valence-corrected chi connectivity index (χ0v) is 11.3. The average molecular weight is 248 g/mol. The van der Waals surface area contributed by atoms with E-state index in [0.29, 0.717) is 6.54 Å². The van der Waals surface area contributed by atoms with Crippen molar-refractivity contribution in [3.05, 3.63) is 29.3 Å². The van der Waals surface area contributed by atoms with E-state index in [4.69, 9.17) is 10.5 Å². The maximum atomic E-state index is 5.72. The second kappa shape index (κ2) is 6.76. The predicted octanol–water partition coefficient (Wildman–Crippen LogP) is 2.18. The highest BCUT2D eigenvalue weighted by Crippen LogP contribution is 2.24. The molecule has 1 aromatic rings. The topological polar surface area (TPSA) is 38.5 Å². The lowest BCUT2D eigenvalue weighted by Gasteiger charge is -2.18. The Balaban J connectivity index is 2.13. The molecule has 0 aliphatic carbocycles. The van der Waals surface area contributed by atoms with E-state index >= 15 is 0 Å². The van der Waals surface area contributed by atoms with Crippen LogP contribution in [-0.2, 0) is 13.0 Å². The third-order valence-corrected chi connectivity index (χ3v) is 3.45. The van der Waals surface area contributed by atoms with Crippen LogP contribution in [0.25, 0.3) is 0 Å². The minimum Gasteiger partial charge on any atom is -0.494 e. The van der Waals surface area contributed by atoms with E-state index in [2.05, 4.69) is 23.1 Å². The molecule has 0 radical (unpaired) electrons. The van der Waals surface area contributed by atoms with Crippen molar-refractivity contribution in [1.82, 2.24) is 4.90 Å². The number of nitrogens with zero attached hydrogens (tertiary/aromatic N) is 1. The smallest absolute Gasteiger partial charge is 0.123 e. The molecule has 0 bridgehead atoms. The van der Waals surface area contributed by atoms with Crippen LogP contribution in [0.3, 0.4) is 0 Å². The summed E-state index contributed by atoms with van der Waals surface area (Å²) in [7, 11) is 0. The fourth-order valence-corrected chi connectivity index (χ4v) is 2.56. The lowest BCUT2D eigenvalue weighted by molar-refractivity contribution is 0.304. The zero-order chi connectivity index (χ0) is 12.8. The van der Waals surface area contributed by atoms with Gasteiger partial charge >= 0.3 is 0 Å². The van der Waals surface area contributed by atoms with E-state index in [1.807, 2.05) is 6.92 Å². The number of benzene rings is 1. The van der Waals surface area contributed by atoms with Gasteiger partial charge in [0.2, 0.25) is 0 Å². The van der Waals surface area contributed by atoms with Crippen molar-refractivity contribution in [2.24, 2.45) is 5.73 Å². The molecule has 18 heavy (non-hydrogen) atoms. The number of hydrogen-bond donors (Lipinski definition) is 1. The Morgan fingerprint density at radius 3 is 2.72 bits per heavy atom. The first-order valence-electron chi connectivity index (χ1n) is 7.00. The van der Waals surface area contributed by atoms with Crippen LogP contribution in [-0.4, -0.2) is 31.1 Å². The van der Waals surface area contributed by atoms with Crippen molar-refractivity contribution in [3.63, 3.8) is 0 Å². The molecule has 0 atom stereocenters. The Morgan fingerprint density at radius 2 is 2.06 bits per heavy atom. The molecule has 0 saturated carbocycles. The van der Waals surface area contributed by atoms with Gasteiger partial charge in [-0.1, -0.05) is 12.1 Å². The van der Waals surface area contributed by atoms with Crippen molar-refractivity contribution in [3.8, 4) is 5.75 Å². The fraction of sp³-hybridized carbons (Fsp3) is 0.600. The molecule has 1 heterocycles. The number of ether oxygens (including phenoxy) is 1. The predicted molar refractivity (Wildman–Crippen MR) is 74.9 cm³/mol. The molecule has 1 saturated heterocycles. The summed E-state index contributed by atoms with van der Waals surface area (Å²) in [5.74, 6) is 1.03. The van der Waals surface area contributed by atoms with Gasteiger partial charge in [0.15, 0.2) is 0 Å². The summed E-state index contributed by atoms with van der Waals surface area (Å²) in [5.41, 5.74) is 8.25. The summed E-state index contributed by atoms with van der Waals surface area (Å²) in [6.45, 7) is 6.90. The molecule has 3 nitrogen and oxygen atoms in total. The van der Waals surface area contributed by atoms with Crippen LogP contribution in [0.5, 0.6) is 5.75 Å². The minimum atomic E-state index is 0.705. The van der Waals surface area contributed by atoms with Gasteiger partial charge in [-0.3, -0.25) is 4.90 Å². The molecule has 0 spiro atoms. The largest absolute Gasteiger partial charge is 0.494 e. The Morgan fingerprint density at radius 1 is 1.28 bits per heavy atom. The molecule has 2 rings (SSSR count). The SMILES string of the molecule is CCOc1ccc(CCN)cc1CN1CCCC1. The number of likely N-dealkylation sites (tertiary alicyclic amines) is 1. The summed E-state index contributed by atoms with van der Waals surface area (Å²) in [6, 6.07) is 6.49. The normalized spacial score (nSPS) is 16.1. The monoisotopic (exact) mass is 248 g/mol. The highest BCUT2D eigenvalue weighted by Gasteiger charge is 2.14. The number of nitrogens with two attached hydrogens (primary N) is 1. The van der Waals surface area contributed by atoms with Crippen LogP contribution in [0.2, 0.25) is 0 Å². The van der Waals surface area contributed by atoms with E-state index in [0.717, 1.165) is 25.3 Å². The molecule has 1 fully saturated rings. The standard InChI is InChI=1S/C15H24N2O/c1-2-18-15-6-5-13(7-8-16)11-14(15)12-17-9-3-4-10-17/h5-6,11H,2-4,7-10,12,16H2,1H3. The summed E-state index contributed by atoms with van der Waals surface area (Å²) in [4.78, 5) is 2.50. The van der Waals surface area contributed by atoms with Crippen LogP contribution in [0.4, 0.5) is 0 Å². The van der Waals surface area contributed by atoms with E-state index in [1.54, 1.807) is 0 Å². The summed E-state index contributed by atoms with van der Waals surface area (Å²) < 4.78 is 5.72. The van der Waals surface area contributed by atoms with E-state index in [-0.39, 0.29) is 0 Å². The van der Waals surface area contributed by atoms with Crippen molar-refractivity contribution < 1.29 is 4.74 Å². The molecule has 0 unspecified atom stereocenters. The molecule has 1 aliphatic rings. The lowest BCUT2D eigenvalue weighted by atomic mass is 10.1. The van der Waals surface area contributed by atoms with Crippen molar-refractivity contribution in [2.45, 2.75) is 32.7 Å². The Labute approximate surface area is 110 Å². The Bertz CT molecular complexity index is 373. The molecular formula is C15H24N2O. The lowest BCUT2D eigenvalue weighted by Crippen LogP contribution is -2.19. The van der Waals surface area contributed by atoms with Gasteiger partial charge in [-0.15, -0.1) is 0 Å². The molecule has 3 heteroatoms. The molecule has 100 valence electrons. The van der Waals surface area contributed by atoms with Crippen LogP contribution < -0.4 is 10.5 Å². The molecule has 0 aromatic heterocycles. The van der Waals surface area contributed by atoms with Crippen LogP contribution in [0, 0.1) is 0 Å². The number of rotatable bonds is 6. The second-order valence-electron chi connectivity index (χ2n) is 4.90. The van der Waals surface area contributed by atoms with Gasteiger partial charge in [-0.05, 0) is 57.5 Å². The van der Waals surface area contributed by atoms with E-state index in [9.17, 15) is 0 Å². The van der Waals surface area contributed by atoms with Gasteiger partial charge in [-0.2, -0.15) is 0 Å². The van der Waals surface area contributed by atoms with Crippen LogP contribution in [0.15, 0.2) is 18.2 Å². The van der Waals surface area contributed by atoms with E-state index < -0.39 is 0 Å².